The molecule has 0 radical (unpaired) electrons. The maximum Gasteiger partial charge on any atom is 0.142 e. The third kappa shape index (κ3) is 2.58. The van der Waals surface area contributed by atoms with Gasteiger partial charge < -0.3 is 9.64 Å². The molecule has 3 rings (SSSR count). The Morgan fingerprint density at radius 3 is 2.80 bits per heavy atom. The fourth-order valence-electron chi connectivity index (χ4n) is 2.50. The number of anilines is 2. The zero-order chi connectivity index (χ0) is 13.9. The summed E-state index contributed by atoms with van der Waals surface area (Å²) in [5.74, 6) is 1.36. The topological polar surface area (TPSA) is 12.5 Å². The molecule has 1 aliphatic rings. The Balaban J connectivity index is 2.10. The van der Waals surface area contributed by atoms with E-state index in [9.17, 15) is 0 Å². The molecule has 104 valence electrons. The van der Waals surface area contributed by atoms with E-state index in [1.165, 1.54) is 0 Å². The third-order valence-electron chi connectivity index (χ3n) is 3.42. The molecule has 0 amide bonds. The zero-order valence-corrected chi connectivity index (χ0v) is 12.5. The van der Waals surface area contributed by atoms with E-state index in [1.54, 1.807) is 0 Å². The standard InChI is InChI=1S/C16H15Cl2NO/c17-11-12-10-13(18)6-7-14(12)19-8-3-9-20-16-5-2-1-4-15(16)19/h1-2,4-7,10H,3,8-9,11H2. The highest BCUT2D eigenvalue weighted by Crippen LogP contribution is 2.38. The van der Waals surface area contributed by atoms with Crippen LogP contribution >= 0.6 is 23.2 Å². The Hall–Kier alpha value is -1.38. The Morgan fingerprint density at radius 2 is 1.95 bits per heavy atom. The molecule has 0 unspecified atom stereocenters. The van der Waals surface area contributed by atoms with Crippen LogP contribution in [0.1, 0.15) is 12.0 Å². The van der Waals surface area contributed by atoms with Gasteiger partial charge in [-0.25, -0.2) is 0 Å². The molecule has 0 saturated carbocycles. The molecular weight excluding hydrogens is 293 g/mol. The monoisotopic (exact) mass is 307 g/mol. The van der Waals surface area contributed by atoms with Crippen LogP contribution in [0.4, 0.5) is 11.4 Å². The fraction of sp³-hybridized carbons (Fsp3) is 0.250. The maximum absolute atomic E-state index is 6.07. The maximum atomic E-state index is 6.07. The van der Waals surface area contributed by atoms with Crippen molar-refractivity contribution >= 4 is 34.6 Å². The van der Waals surface area contributed by atoms with Crippen LogP contribution < -0.4 is 9.64 Å². The molecule has 0 atom stereocenters. The van der Waals surface area contributed by atoms with E-state index in [4.69, 9.17) is 27.9 Å². The molecule has 1 heterocycles. The first-order chi connectivity index (χ1) is 9.79. The molecule has 0 bridgehead atoms. The van der Waals surface area contributed by atoms with Crippen molar-refractivity contribution < 1.29 is 4.74 Å². The lowest BCUT2D eigenvalue weighted by Crippen LogP contribution is -2.18. The van der Waals surface area contributed by atoms with Crippen molar-refractivity contribution in [3.63, 3.8) is 0 Å². The number of rotatable bonds is 2. The van der Waals surface area contributed by atoms with Crippen molar-refractivity contribution in [1.29, 1.82) is 0 Å². The largest absolute Gasteiger partial charge is 0.491 e. The van der Waals surface area contributed by atoms with Crippen LogP contribution in [0, 0.1) is 0 Å². The average molecular weight is 308 g/mol. The highest BCUT2D eigenvalue weighted by molar-refractivity contribution is 6.30. The van der Waals surface area contributed by atoms with E-state index in [0.29, 0.717) is 10.9 Å². The first kappa shape index (κ1) is 13.6. The molecule has 0 aromatic heterocycles. The molecule has 2 aromatic carbocycles. The summed E-state index contributed by atoms with van der Waals surface area (Å²) in [5, 5.41) is 0.712. The molecular formula is C16H15Cl2NO. The molecule has 2 nitrogen and oxygen atoms in total. The normalized spacial score (nSPS) is 14.4. The van der Waals surface area contributed by atoms with Gasteiger partial charge in [0.2, 0.25) is 0 Å². The summed E-state index contributed by atoms with van der Waals surface area (Å²) in [5.41, 5.74) is 3.22. The molecule has 2 aromatic rings. The SMILES string of the molecule is ClCc1cc(Cl)ccc1N1CCCOc2ccccc21. The van der Waals surface area contributed by atoms with Gasteiger partial charge in [-0.15, -0.1) is 11.6 Å². The van der Waals surface area contributed by atoms with Crippen LogP contribution in [0.15, 0.2) is 42.5 Å². The number of fused-ring (bicyclic) bond motifs is 1. The Bertz CT molecular complexity index is 615. The first-order valence-corrected chi connectivity index (χ1v) is 7.54. The lowest BCUT2D eigenvalue weighted by Gasteiger charge is -2.26. The van der Waals surface area contributed by atoms with Gasteiger partial charge in [0.25, 0.3) is 0 Å². The number of hydrogen-bond acceptors (Lipinski definition) is 2. The molecule has 0 aliphatic carbocycles. The Labute approximate surface area is 128 Å². The second kappa shape index (κ2) is 5.94. The van der Waals surface area contributed by atoms with Gasteiger partial charge in [0.1, 0.15) is 5.75 Å². The molecule has 20 heavy (non-hydrogen) atoms. The fourth-order valence-corrected chi connectivity index (χ4v) is 2.91. The van der Waals surface area contributed by atoms with Crippen molar-refractivity contribution in [2.75, 3.05) is 18.1 Å². The minimum Gasteiger partial charge on any atom is -0.491 e. The van der Waals surface area contributed by atoms with Crippen LogP contribution in [0.3, 0.4) is 0 Å². The predicted octanol–water partition coefficient (Wildman–Crippen LogP) is 5.00. The van der Waals surface area contributed by atoms with E-state index in [1.807, 2.05) is 36.4 Å². The summed E-state index contributed by atoms with van der Waals surface area (Å²) < 4.78 is 5.80. The summed E-state index contributed by atoms with van der Waals surface area (Å²) >= 11 is 12.1. The number of halogens is 2. The van der Waals surface area contributed by atoms with E-state index < -0.39 is 0 Å². The zero-order valence-electron chi connectivity index (χ0n) is 11.0. The number of alkyl halides is 1. The van der Waals surface area contributed by atoms with E-state index >= 15 is 0 Å². The minimum atomic E-state index is 0.440. The van der Waals surface area contributed by atoms with Crippen molar-refractivity contribution in [3.8, 4) is 5.75 Å². The smallest absolute Gasteiger partial charge is 0.142 e. The molecule has 0 N–H and O–H groups in total. The average Bonchev–Trinajstić information content (AvgIpc) is 2.69. The van der Waals surface area contributed by atoms with E-state index in [2.05, 4.69) is 11.0 Å². The summed E-state index contributed by atoms with van der Waals surface area (Å²) in [7, 11) is 0. The minimum absolute atomic E-state index is 0.440. The van der Waals surface area contributed by atoms with Gasteiger partial charge in [-0.2, -0.15) is 0 Å². The van der Waals surface area contributed by atoms with E-state index in [0.717, 1.165) is 42.3 Å². The summed E-state index contributed by atoms with van der Waals surface area (Å²) in [6.07, 6.45) is 0.971. The number of ether oxygens (including phenoxy) is 1. The van der Waals surface area contributed by atoms with Gasteiger partial charge in [0.15, 0.2) is 0 Å². The lowest BCUT2D eigenvalue weighted by atomic mass is 10.1. The predicted molar refractivity (Wildman–Crippen MR) is 84.6 cm³/mol. The highest BCUT2D eigenvalue weighted by atomic mass is 35.5. The third-order valence-corrected chi connectivity index (χ3v) is 3.94. The van der Waals surface area contributed by atoms with Gasteiger partial charge in [0.05, 0.1) is 12.3 Å². The van der Waals surface area contributed by atoms with Crippen LogP contribution in [-0.4, -0.2) is 13.2 Å². The second-order valence-corrected chi connectivity index (χ2v) is 5.43. The molecule has 1 aliphatic heterocycles. The van der Waals surface area contributed by atoms with E-state index in [-0.39, 0.29) is 0 Å². The number of benzene rings is 2. The molecule has 0 fully saturated rings. The van der Waals surface area contributed by atoms with Gasteiger partial charge in [0, 0.05) is 23.1 Å². The van der Waals surface area contributed by atoms with Crippen molar-refractivity contribution in [1.82, 2.24) is 0 Å². The van der Waals surface area contributed by atoms with Crippen LogP contribution in [0.5, 0.6) is 5.75 Å². The quantitative estimate of drug-likeness (QED) is 0.724. The number of para-hydroxylation sites is 2. The summed E-state index contributed by atoms with van der Waals surface area (Å²) in [6.45, 7) is 1.64. The Morgan fingerprint density at radius 1 is 1.10 bits per heavy atom. The van der Waals surface area contributed by atoms with Crippen molar-refractivity contribution in [2.45, 2.75) is 12.3 Å². The van der Waals surface area contributed by atoms with Crippen LogP contribution in [-0.2, 0) is 5.88 Å². The summed E-state index contributed by atoms with van der Waals surface area (Å²) in [6, 6.07) is 14.0. The number of nitrogens with zero attached hydrogens (tertiary/aromatic N) is 1. The summed E-state index contributed by atoms with van der Waals surface area (Å²) in [4.78, 5) is 2.26. The van der Waals surface area contributed by atoms with Crippen LogP contribution in [0.25, 0.3) is 0 Å². The Kier molecular flexibility index (Phi) is 4.04. The molecule has 0 saturated heterocycles. The van der Waals surface area contributed by atoms with Crippen molar-refractivity contribution in [3.05, 3.63) is 53.1 Å². The molecule has 0 spiro atoms. The van der Waals surface area contributed by atoms with Gasteiger partial charge in [-0.05, 0) is 42.3 Å². The molecule has 4 heteroatoms. The van der Waals surface area contributed by atoms with Crippen molar-refractivity contribution in [2.24, 2.45) is 0 Å². The number of hydrogen-bond donors (Lipinski definition) is 0. The van der Waals surface area contributed by atoms with Crippen LogP contribution in [0.2, 0.25) is 5.02 Å². The lowest BCUT2D eigenvalue weighted by molar-refractivity contribution is 0.322. The second-order valence-electron chi connectivity index (χ2n) is 4.73. The van der Waals surface area contributed by atoms with Gasteiger partial charge >= 0.3 is 0 Å². The highest BCUT2D eigenvalue weighted by Gasteiger charge is 2.19. The first-order valence-electron chi connectivity index (χ1n) is 6.63. The van der Waals surface area contributed by atoms with Gasteiger partial charge in [-0.3, -0.25) is 0 Å². The van der Waals surface area contributed by atoms with Gasteiger partial charge in [-0.1, -0.05) is 23.7 Å².